The summed E-state index contributed by atoms with van der Waals surface area (Å²) in [4.78, 5) is 34.3. The minimum atomic E-state index is -1.81. The molecule has 1 aliphatic heterocycles. The van der Waals surface area contributed by atoms with Gasteiger partial charge in [-0.1, -0.05) is 0 Å². The zero-order valence-corrected chi connectivity index (χ0v) is 14.7. The van der Waals surface area contributed by atoms with Crippen LogP contribution in [0.25, 0.3) is 0 Å². The first-order valence-corrected chi connectivity index (χ1v) is 8.11. The van der Waals surface area contributed by atoms with Crippen molar-refractivity contribution < 1.29 is 39.5 Å². The number of esters is 1. The van der Waals surface area contributed by atoms with Crippen molar-refractivity contribution in [1.29, 1.82) is 0 Å². The fourth-order valence-electron chi connectivity index (χ4n) is 2.27. The van der Waals surface area contributed by atoms with E-state index in [4.69, 9.17) is 14.6 Å². The summed E-state index contributed by atoms with van der Waals surface area (Å²) in [5.41, 5.74) is 0. The molecule has 0 aromatic rings. The molecule has 5 N–H and O–H groups in total. The molecule has 144 valence electrons. The van der Waals surface area contributed by atoms with Crippen molar-refractivity contribution in [3.05, 3.63) is 4.91 Å². The molecule has 1 amide bonds. The third-order valence-corrected chi connectivity index (χ3v) is 4.43. The van der Waals surface area contributed by atoms with Gasteiger partial charge >= 0.3 is 5.97 Å². The van der Waals surface area contributed by atoms with Crippen LogP contribution in [0.2, 0.25) is 0 Å². The highest BCUT2D eigenvalue weighted by Crippen LogP contribution is 2.31. The summed E-state index contributed by atoms with van der Waals surface area (Å²) in [6.45, 7) is 3.40. The molecule has 1 heterocycles. The Labute approximate surface area is 147 Å². The van der Waals surface area contributed by atoms with Crippen molar-refractivity contribution in [1.82, 2.24) is 5.32 Å². The quantitative estimate of drug-likeness (QED) is 0.189. The summed E-state index contributed by atoms with van der Waals surface area (Å²) in [7, 11) is 0. The Balaban J connectivity index is 2.95. The standard InChI is InChI=1S/C13H22N2O9S/c1-5(17)14-10(13(2,3)25-15-22)12(21)24-9-8(19)7(18)6(4-16)23-11(9)20/h6-11,16,18-20H,4H2,1-3H3,(H,14,17)/t6-,7-,8+,9-,10?,11-/m1/s1. The fourth-order valence-corrected chi connectivity index (χ4v) is 2.72. The van der Waals surface area contributed by atoms with Gasteiger partial charge in [-0.05, 0) is 13.8 Å². The molecule has 1 aliphatic rings. The second-order valence-electron chi connectivity index (χ2n) is 6.03. The topological polar surface area (TPSA) is 175 Å². The van der Waals surface area contributed by atoms with E-state index in [1.165, 1.54) is 13.8 Å². The molecule has 6 atom stereocenters. The zero-order valence-electron chi connectivity index (χ0n) is 13.9. The molecule has 0 aromatic heterocycles. The van der Waals surface area contributed by atoms with Gasteiger partial charge in [0.1, 0.15) is 24.4 Å². The Morgan fingerprint density at radius 1 is 1.32 bits per heavy atom. The van der Waals surface area contributed by atoms with Crippen molar-refractivity contribution in [2.75, 3.05) is 6.61 Å². The van der Waals surface area contributed by atoms with Crippen LogP contribution in [0.3, 0.4) is 0 Å². The molecule has 12 heteroatoms. The van der Waals surface area contributed by atoms with Gasteiger partial charge < -0.3 is 35.2 Å². The number of nitroso groups, excluding NO2 is 1. The van der Waals surface area contributed by atoms with E-state index in [9.17, 15) is 29.8 Å². The van der Waals surface area contributed by atoms with Crippen LogP contribution in [0.15, 0.2) is 4.58 Å². The molecular formula is C13H22N2O9S. The summed E-state index contributed by atoms with van der Waals surface area (Å²) in [5, 5.41) is 41.0. The highest BCUT2D eigenvalue weighted by atomic mass is 32.2. The first-order chi connectivity index (χ1) is 11.5. The third-order valence-electron chi connectivity index (χ3n) is 3.65. The second-order valence-corrected chi connectivity index (χ2v) is 7.42. The monoisotopic (exact) mass is 382 g/mol. The van der Waals surface area contributed by atoms with Crippen LogP contribution in [0.4, 0.5) is 0 Å². The number of aliphatic hydroxyl groups excluding tert-OH is 4. The molecule has 0 saturated carbocycles. The molecule has 0 spiro atoms. The van der Waals surface area contributed by atoms with Crippen molar-refractivity contribution in [2.24, 2.45) is 4.58 Å². The lowest BCUT2D eigenvalue weighted by Crippen LogP contribution is -2.61. The van der Waals surface area contributed by atoms with E-state index in [1.807, 2.05) is 0 Å². The molecular weight excluding hydrogens is 360 g/mol. The van der Waals surface area contributed by atoms with Crippen molar-refractivity contribution in [3.63, 3.8) is 0 Å². The summed E-state index contributed by atoms with van der Waals surface area (Å²) in [6.07, 6.45) is -8.06. The van der Waals surface area contributed by atoms with E-state index < -0.39 is 60.0 Å². The molecule has 1 unspecified atom stereocenters. The van der Waals surface area contributed by atoms with Crippen LogP contribution in [-0.2, 0) is 19.1 Å². The molecule has 0 radical (unpaired) electrons. The number of hydrogen-bond donors (Lipinski definition) is 5. The van der Waals surface area contributed by atoms with Crippen LogP contribution < -0.4 is 5.32 Å². The van der Waals surface area contributed by atoms with Gasteiger partial charge in [-0.15, -0.1) is 4.91 Å². The first kappa shape index (κ1) is 21.7. The molecule has 25 heavy (non-hydrogen) atoms. The van der Waals surface area contributed by atoms with E-state index in [0.29, 0.717) is 11.9 Å². The minimum Gasteiger partial charge on any atom is -0.452 e. The Bertz CT molecular complexity index is 504. The van der Waals surface area contributed by atoms with Gasteiger partial charge in [-0.2, -0.15) is 0 Å². The average Bonchev–Trinajstić information content (AvgIpc) is 2.52. The first-order valence-electron chi connectivity index (χ1n) is 7.34. The van der Waals surface area contributed by atoms with Crippen molar-refractivity contribution >= 4 is 23.8 Å². The maximum Gasteiger partial charge on any atom is 0.330 e. The van der Waals surface area contributed by atoms with Gasteiger partial charge in [-0.25, -0.2) is 4.79 Å². The summed E-state index contributed by atoms with van der Waals surface area (Å²) < 4.78 is 11.3. The number of carbonyl (C=O) groups is 2. The zero-order chi connectivity index (χ0) is 19.4. The van der Waals surface area contributed by atoms with Gasteiger partial charge in [0.15, 0.2) is 12.4 Å². The maximum atomic E-state index is 12.4. The van der Waals surface area contributed by atoms with Gasteiger partial charge in [0, 0.05) is 23.5 Å². The largest absolute Gasteiger partial charge is 0.452 e. The molecule has 1 fully saturated rings. The van der Waals surface area contributed by atoms with Gasteiger partial charge in [0.25, 0.3) is 0 Å². The van der Waals surface area contributed by atoms with Crippen molar-refractivity contribution in [2.45, 2.75) is 62.3 Å². The minimum absolute atomic E-state index is 0.495. The molecule has 1 saturated heterocycles. The van der Waals surface area contributed by atoms with Gasteiger partial charge in [-0.3, -0.25) is 4.79 Å². The predicted molar refractivity (Wildman–Crippen MR) is 84.9 cm³/mol. The molecule has 0 aromatic carbocycles. The van der Waals surface area contributed by atoms with Crippen LogP contribution in [0.1, 0.15) is 20.8 Å². The summed E-state index contributed by atoms with van der Waals surface area (Å²) >= 11 is 0.495. The number of nitrogens with one attached hydrogen (secondary N) is 1. The van der Waals surface area contributed by atoms with Gasteiger partial charge in [0.05, 0.1) is 11.4 Å². The Morgan fingerprint density at radius 2 is 1.92 bits per heavy atom. The fraction of sp³-hybridized carbons (Fsp3) is 0.846. The lowest BCUT2D eigenvalue weighted by molar-refractivity contribution is -0.291. The third kappa shape index (κ3) is 5.33. The molecule has 11 nitrogen and oxygen atoms in total. The van der Waals surface area contributed by atoms with E-state index in [0.717, 1.165) is 6.92 Å². The summed E-state index contributed by atoms with van der Waals surface area (Å²) in [6, 6.07) is -1.33. The maximum absolute atomic E-state index is 12.4. The average molecular weight is 382 g/mol. The molecule has 0 bridgehead atoms. The molecule has 0 aliphatic carbocycles. The second kappa shape index (κ2) is 8.87. The number of amides is 1. The Morgan fingerprint density at radius 3 is 2.40 bits per heavy atom. The van der Waals surface area contributed by atoms with Crippen LogP contribution >= 0.6 is 11.9 Å². The van der Waals surface area contributed by atoms with Crippen LogP contribution in [0, 0.1) is 4.91 Å². The number of carbonyl (C=O) groups excluding carboxylic acids is 2. The summed E-state index contributed by atoms with van der Waals surface area (Å²) in [5.74, 6) is -1.65. The van der Waals surface area contributed by atoms with Crippen LogP contribution in [-0.4, -0.2) is 80.4 Å². The number of ether oxygens (including phenoxy) is 2. The predicted octanol–water partition coefficient (Wildman–Crippen LogP) is -1.97. The normalized spacial score (nSPS) is 31.1. The van der Waals surface area contributed by atoms with Crippen LogP contribution in [0.5, 0.6) is 0 Å². The Hall–Kier alpha value is -1.31. The van der Waals surface area contributed by atoms with Gasteiger partial charge in [0.2, 0.25) is 5.91 Å². The van der Waals surface area contributed by atoms with Crippen molar-refractivity contribution in [3.8, 4) is 0 Å². The van der Waals surface area contributed by atoms with E-state index in [-0.39, 0.29) is 0 Å². The Kier molecular flexibility index (Phi) is 7.71. The SMILES string of the molecule is CC(=O)NC(C(=O)O[C@@H]1[C@@H](O)[C@H](O)[C@@H](CO)O[C@H]1O)C(C)(C)SN=O. The van der Waals surface area contributed by atoms with E-state index in [1.54, 1.807) is 0 Å². The number of aliphatic hydroxyl groups is 4. The number of rotatable bonds is 7. The number of nitrogens with zero attached hydrogens (tertiary/aromatic N) is 1. The lowest BCUT2D eigenvalue weighted by atomic mass is 9.98. The van der Waals surface area contributed by atoms with E-state index >= 15 is 0 Å². The molecule has 1 rings (SSSR count). The lowest BCUT2D eigenvalue weighted by Gasteiger charge is -2.40. The number of hydrogen-bond acceptors (Lipinski definition) is 11. The smallest absolute Gasteiger partial charge is 0.330 e. The van der Waals surface area contributed by atoms with E-state index in [2.05, 4.69) is 9.90 Å². The highest BCUT2D eigenvalue weighted by molar-refractivity contribution is 7.99. The highest BCUT2D eigenvalue weighted by Gasteiger charge is 2.48.